The highest BCUT2D eigenvalue weighted by Gasteiger charge is 2.11. The van der Waals surface area contributed by atoms with Crippen LogP contribution >= 0.6 is 0 Å². The van der Waals surface area contributed by atoms with E-state index < -0.39 is 5.91 Å². The molecule has 0 aliphatic heterocycles. The van der Waals surface area contributed by atoms with Crippen molar-refractivity contribution in [3.63, 3.8) is 0 Å². The fraction of sp³-hybridized carbons (Fsp3) is 0.0690. The lowest BCUT2D eigenvalue weighted by atomic mass is 10.0. The zero-order chi connectivity index (χ0) is 24.9. The van der Waals surface area contributed by atoms with Crippen molar-refractivity contribution in [1.82, 2.24) is 15.6 Å². The molecule has 0 spiro atoms. The summed E-state index contributed by atoms with van der Waals surface area (Å²) in [7, 11) is 0. The number of amides is 1. The molecule has 0 bridgehead atoms. The van der Waals surface area contributed by atoms with Crippen LogP contribution in [0.15, 0.2) is 96.1 Å². The Morgan fingerprint density at radius 2 is 1.81 bits per heavy atom. The Labute approximate surface area is 208 Å². The Hall–Kier alpha value is -4.91. The lowest BCUT2D eigenvalue weighted by Gasteiger charge is -2.07. The molecule has 5 rings (SSSR count). The summed E-state index contributed by atoms with van der Waals surface area (Å²) in [5.41, 5.74) is 7.06. The zero-order valence-electron chi connectivity index (χ0n) is 19.6. The third kappa shape index (κ3) is 5.10. The van der Waals surface area contributed by atoms with Gasteiger partial charge in [0.2, 0.25) is 0 Å². The number of carbonyl (C=O) groups is 1. The number of H-pyrrole nitrogens is 1. The number of aromatic nitrogens is 2. The van der Waals surface area contributed by atoms with Crippen molar-refractivity contribution in [2.24, 2.45) is 5.10 Å². The topological polar surface area (TPSA) is 99.6 Å². The van der Waals surface area contributed by atoms with Crippen molar-refractivity contribution in [1.29, 1.82) is 0 Å². The summed E-state index contributed by atoms with van der Waals surface area (Å²) in [6.07, 6.45) is 1.43. The maximum Gasteiger partial charge on any atom is 0.289 e. The second-order valence-corrected chi connectivity index (χ2v) is 8.38. The molecule has 0 saturated heterocycles. The van der Waals surface area contributed by atoms with E-state index in [-0.39, 0.29) is 11.4 Å². The first-order chi connectivity index (χ1) is 17.6. The van der Waals surface area contributed by atoms with Crippen LogP contribution in [0.25, 0.3) is 22.0 Å². The maximum absolute atomic E-state index is 12.5. The summed E-state index contributed by atoms with van der Waals surface area (Å²) in [6.45, 7) is 2.54. The lowest BCUT2D eigenvalue weighted by Crippen LogP contribution is -2.18. The van der Waals surface area contributed by atoms with Gasteiger partial charge in [-0.2, -0.15) is 10.2 Å². The molecule has 178 valence electrons. The molecule has 0 aliphatic carbocycles. The first-order valence-electron chi connectivity index (χ1n) is 11.4. The van der Waals surface area contributed by atoms with Gasteiger partial charge in [-0.1, -0.05) is 60.2 Å². The minimum absolute atomic E-state index is 0.0850. The molecule has 0 aliphatic rings. The Bertz CT molecular complexity index is 1540. The van der Waals surface area contributed by atoms with E-state index >= 15 is 0 Å². The normalized spacial score (nSPS) is 11.1. The average Bonchev–Trinajstić information content (AvgIpc) is 3.40. The second kappa shape index (κ2) is 10.1. The quantitative estimate of drug-likeness (QED) is 0.211. The molecule has 1 amide bonds. The van der Waals surface area contributed by atoms with Crippen LogP contribution in [0.1, 0.15) is 27.2 Å². The number of hydrazone groups is 1. The monoisotopic (exact) mass is 476 g/mol. The number of benzene rings is 4. The minimum Gasteiger partial charge on any atom is -0.507 e. The number of ether oxygens (including phenoxy) is 1. The minimum atomic E-state index is -0.442. The van der Waals surface area contributed by atoms with Gasteiger partial charge >= 0.3 is 0 Å². The van der Waals surface area contributed by atoms with Crippen molar-refractivity contribution in [3.8, 4) is 22.8 Å². The predicted octanol–water partition coefficient (Wildman–Crippen LogP) is 5.59. The number of nitrogens with one attached hydrogen (secondary N) is 2. The number of nitrogens with zero attached hydrogens (tertiary/aromatic N) is 2. The van der Waals surface area contributed by atoms with Crippen LogP contribution in [0.5, 0.6) is 11.5 Å². The highest BCUT2D eigenvalue weighted by Crippen LogP contribution is 2.25. The summed E-state index contributed by atoms with van der Waals surface area (Å²) >= 11 is 0. The largest absolute Gasteiger partial charge is 0.507 e. The maximum atomic E-state index is 12.5. The van der Waals surface area contributed by atoms with E-state index in [1.165, 1.54) is 11.8 Å². The fourth-order valence-electron chi connectivity index (χ4n) is 3.79. The van der Waals surface area contributed by atoms with Crippen LogP contribution in [-0.4, -0.2) is 27.4 Å². The molecular weight excluding hydrogens is 452 g/mol. The van der Waals surface area contributed by atoms with E-state index in [9.17, 15) is 9.90 Å². The summed E-state index contributed by atoms with van der Waals surface area (Å²) in [4.78, 5) is 12.5. The van der Waals surface area contributed by atoms with Gasteiger partial charge in [-0.15, -0.1) is 0 Å². The highest BCUT2D eigenvalue weighted by molar-refractivity contribution is 6.03. The van der Waals surface area contributed by atoms with Crippen LogP contribution in [-0.2, 0) is 6.61 Å². The van der Waals surface area contributed by atoms with Gasteiger partial charge in [-0.3, -0.25) is 9.89 Å². The summed E-state index contributed by atoms with van der Waals surface area (Å²) in [5, 5.41) is 23.0. The molecule has 0 saturated carbocycles. The van der Waals surface area contributed by atoms with Crippen molar-refractivity contribution in [2.75, 3.05) is 0 Å². The van der Waals surface area contributed by atoms with Gasteiger partial charge in [-0.05, 0) is 59.7 Å². The molecule has 5 aromatic rings. The highest BCUT2D eigenvalue weighted by atomic mass is 16.5. The summed E-state index contributed by atoms with van der Waals surface area (Å²) in [6, 6.07) is 28.5. The number of carbonyl (C=O) groups excluding carboxylic acids is 1. The smallest absolute Gasteiger partial charge is 0.289 e. The number of aromatic amines is 1. The number of hydrogen-bond acceptors (Lipinski definition) is 5. The number of aryl methyl sites for hydroxylation is 1. The average molecular weight is 477 g/mol. The molecular formula is C29H24N4O3. The van der Waals surface area contributed by atoms with E-state index in [0.29, 0.717) is 17.9 Å². The van der Waals surface area contributed by atoms with Crippen molar-refractivity contribution < 1.29 is 14.6 Å². The van der Waals surface area contributed by atoms with Gasteiger partial charge in [0.1, 0.15) is 23.8 Å². The van der Waals surface area contributed by atoms with Crippen LogP contribution in [0.4, 0.5) is 0 Å². The molecule has 7 heteroatoms. The van der Waals surface area contributed by atoms with Gasteiger partial charge in [0.05, 0.1) is 11.9 Å². The number of phenolic OH excluding ortho intramolecular Hbond substituents is 1. The molecule has 4 aromatic carbocycles. The molecule has 3 N–H and O–H groups in total. The molecule has 7 nitrogen and oxygen atoms in total. The summed E-state index contributed by atoms with van der Waals surface area (Å²) in [5.74, 6) is 0.392. The molecule has 1 aromatic heterocycles. The van der Waals surface area contributed by atoms with E-state index in [1.807, 2.05) is 54.6 Å². The first-order valence-corrected chi connectivity index (χ1v) is 11.4. The van der Waals surface area contributed by atoms with Crippen molar-refractivity contribution >= 4 is 22.9 Å². The third-order valence-electron chi connectivity index (χ3n) is 5.81. The lowest BCUT2D eigenvalue weighted by molar-refractivity contribution is 0.0950. The Balaban J connectivity index is 1.21. The number of fused-ring (bicyclic) bond motifs is 1. The van der Waals surface area contributed by atoms with E-state index in [2.05, 4.69) is 51.9 Å². The van der Waals surface area contributed by atoms with Crippen LogP contribution in [0.2, 0.25) is 0 Å². The second-order valence-electron chi connectivity index (χ2n) is 8.38. The van der Waals surface area contributed by atoms with Crippen LogP contribution in [0, 0.1) is 6.92 Å². The molecule has 36 heavy (non-hydrogen) atoms. The van der Waals surface area contributed by atoms with E-state index in [4.69, 9.17) is 4.74 Å². The van der Waals surface area contributed by atoms with Gasteiger partial charge < -0.3 is 9.84 Å². The Morgan fingerprint density at radius 3 is 2.61 bits per heavy atom. The molecule has 0 radical (unpaired) electrons. The van der Waals surface area contributed by atoms with Gasteiger partial charge in [0.25, 0.3) is 5.91 Å². The standard InChI is InChI=1S/C29H24N4O3/c1-19-6-8-20(9-7-19)18-36-23-13-10-22(11-14-23)26-16-27(32-31-26)29(35)33-30-17-25-24-5-3-2-4-21(24)12-15-28(25)34/h2-17,34H,18H2,1H3,(H,31,32)(H,33,35)/b30-17-. The zero-order valence-corrected chi connectivity index (χ0v) is 19.6. The van der Waals surface area contributed by atoms with Crippen molar-refractivity contribution in [3.05, 3.63) is 113 Å². The fourth-order valence-corrected chi connectivity index (χ4v) is 3.79. The predicted molar refractivity (Wildman–Crippen MR) is 140 cm³/mol. The third-order valence-corrected chi connectivity index (χ3v) is 5.81. The first kappa shape index (κ1) is 22.9. The van der Waals surface area contributed by atoms with Gasteiger partial charge in [-0.25, -0.2) is 5.43 Å². The molecule has 0 fully saturated rings. The molecule has 0 unspecified atom stereocenters. The molecule has 0 atom stereocenters. The molecule has 1 heterocycles. The summed E-state index contributed by atoms with van der Waals surface area (Å²) < 4.78 is 5.86. The number of hydrogen-bond donors (Lipinski definition) is 3. The van der Waals surface area contributed by atoms with Crippen LogP contribution < -0.4 is 10.2 Å². The number of phenols is 1. The van der Waals surface area contributed by atoms with E-state index in [0.717, 1.165) is 27.6 Å². The number of rotatable bonds is 7. The SMILES string of the molecule is Cc1ccc(COc2ccc(-c3cc(C(=O)N/N=C\c4c(O)ccc5ccccc45)[nH]n3)cc2)cc1. The number of aromatic hydroxyl groups is 1. The van der Waals surface area contributed by atoms with E-state index in [1.54, 1.807) is 12.1 Å². The van der Waals surface area contributed by atoms with Crippen LogP contribution in [0.3, 0.4) is 0 Å². The van der Waals surface area contributed by atoms with Crippen molar-refractivity contribution in [2.45, 2.75) is 13.5 Å². The Morgan fingerprint density at radius 1 is 1.03 bits per heavy atom. The Kier molecular flexibility index (Phi) is 6.44. The van der Waals surface area contributed by atoms with Gasteiger partial charge in [0, 0.05) is 11.1 Å². The van der Waals surface area contributed by atoms with Gasteiger partial charge in [0.15, 0.2) is 0 Å².